The molecule has 1 atom stereocenters. The molecular weight excluding hydrogens is 270 g/mol. The van der Waals surface area contributed by atoms with Gasteiger partial charge in [0.2, 0.25) is 0 Å². The standard InChI is InChI=1S/C15H17N3O3/c1-10-8-13(18(2)17-10)14(19)16-12(15(20)21)9-11-6-4-3-5-7-11/h3-8,12H,9H2,1-2H3,(H,16,19)(H,20,21). The van der Waals surface area contributed by atoms with Gasteiger partial charge in [-0.05, 0) is 18.6 Å². The van der Waals surface area contributed by atoms with Gasteiger partial charge in [-0.15, -0.1) is 0 Å². The molecule has 21 heavy (non-hydrogen) atoms. The van der Waals surface area contributed by atoms with Crippen LogP contribution in [0.4, 0.5) is 0 Å². The lowest BCUT2D eigenvalue weighted by atomic mass is 10.1. The Labute approximate surface area is 122 Å². The zero-order valence-corrected chi connectivity index (χ0v) is 11.9. The summed E-state index contributed by atoms with van der Waals surface area (Å²) in [5, 5.41) is 15.9. The first kappa shape index (κ1) is 14.8. The Hall–Kier alpha value is -2.63. The second kappa shape index (κ2) is 6.21. The third kappa shape index (κ3) is 3.68. The van der Waals surface area contributed by atoms with Crippen LogP contribution in [0.1, 0.15) is 21.7 Å². The number of benzene rings is 1. The molecule has 1 unspecified atom stereocenters. The monoisotopic (exact) mass is 287 g/mol. The summed E-state index contributed by atoms with van der Waals surface area (Å²) in [6.45, 7) is 1.77. The number of aryl methyl sites for hydroxylation is 2. The Balaban J connectivity index is 2.11. The molecule has 1 amide bonds. The van der Waals surface area contributed by atoms with Gasteiger partial charge in [-0.25, -0.2) is 4.79 Å². The highest BCUT2D eigenvalue weighted by Crippen LogP contribution is 2.06. The lowest BCUT2D eigenvalue weighted by Crippen LogP contribution is -2.42. The summed E-state index contributed by atoms with van der Waals surface area (Å²) in [6.07, 6.45) is 0.235. The fourth-order valence-corrected chi connectivity index (χ4v) is 2.11. The van der Waals surface area contributed by atoms with Crippen LogP contribution in [0, 0.1) is 6.92 Å². The summed E-state index contributed by atoms with van der Waals surface area (Å²) < 4.78 is 1.44. The average molecular weight is 287 g/mol. The Morgan fingerprint density at radius 1 is 1.33 bits per heavy atom. The van der Waals surface area contributed by atoms with Gasteiger partial charge in [-0.3, -0.25) is 9.48 Å². The largest absolute Gasteiger partial charge is 0.480 e. The van der Waals surface area contributed by atoms with E-state index in [4.69, 9.17) is 0 Å². The molecule has 0 saturated carbocycles. The molecule has 0 aliphatic rings. The van der Waals surface area contributed by atoms with Crippen molar-refractivity contribution in [2.24, 2.45) is 7.05 Å². The zero-order chi connectivity index (χ0) is 15.4. The van der Waals surface area contributed by atoms with Gasteiger partial charge in [0, 0.05) is 13.5 Å². The Morgan fingerprint density at radius 2 is 2.00 bits per heavy atom. The minimum absolute atomic E-state index is 0.235. The molecule has 0 aliphatic carbocycles. The van der Waals surface area contributed by atoms with Gasteiger partial charge in [-0.2, -0.15) is 5.10 Å². The number of nitrogens with one attached hydrogen (secondary N) is 1. The van der Waals surface area contributed by atoms with Crippen LogP contribution in [-0.2, 0) is 18.3 Å². The van der Waals surface area contributed by atoms with Crippen molar-refractivity contribution in [3.05, 3.63) is 53.3 Å². The first-order chi connectivity index (χ1) is 9.97. The van der Waals surface area contributed by atoms with E-state index in [1.165, 1.54) is 4.68 Å². The number of hydrogen-bond acceptors (Lipinski definition) is 3. The van der Waals surface area contributed by atoms with Gasteiger partial charge in [0.25, 0.3) is 5.91 Å². The Kier molecular flexibility index (Phi) is 4.37. The SMILES string of the molecule is Cc1cc(C(=O)NC(Cc2ccccc2)C(=O)O)n(C)n1. The average Bonchev–Trinajstić information content (AvgIpc) is 2.78. The molecule has 1 heterocycles. The molecule has 6 heteroatoms. The minimum atomic E-state index is -1.06. The number of rotatable bonds is 5. The quantitative estimate of drug-likeness (QED) is 0.864. The van der Waals surface area contributed by atoms with E-state index >= 15 is 0 Å². The number of aromatic nitrogens is 2. The van der Waals surface area contributed by atoms with Crippen LogP contribution >= 0.6 is 0 Å². The van der Waals surface area contributed by atoms with Crippen LogP contribution in [0.2, 0.25) is 0 Å². The maximum Gasteiger partial charge on any atom is 0.326 e. The summed E-state index contributed by atoms with van der Waals surface area (Å²) in [7, 11) is 1.65. The van der Waals surface area contributed by atoms with E-state index < -0.39 is 17.9 Å². The Morgan fingerprint density at radius 3 is 2.52 bits per heavy atom. The van der Waals surface area contributed by atoms with E-state index in [0.29, 0.717) is 11.4 Å². The number of carbonyl (C=O) groups is 2. The molecule has 0 bridgehead atoms. The molecule has 0 saturated heterocycles. The van der Waals surface area contributed by atoms with Gasteiger partial charge in [-0.1, -0.05) is 30.3 Å². The van der Waals surface area contributed by atoms with E-state index in [0.717, 1.165) is 5.56 Å². The topological polar surface area (TPSA) is 84.2 Å². The summed E-state index contributed by atoms with van der Waals surface area (Å²) in [6, 6.07) is 9.83. The van der Waals surface area contributed by atoms with Gasteiger partial charge < -0.3 is 10.4 Å². The minimum Gasteiger partial charge on any atom is -0.480 e. The van der Waals surface area contributed by atoms with Gasteiger partial charge in [0.1, 0.15) is 11.7 Å². The fraction of sp³-hybridized carbons (Fsp3) is 0.267. The van der Waals surface area contributed by atoms with E-state index in [2.05, 4.69) is 10.4 Å². The van der Waals surface area contributed by atoms with Crippen LogP contribution in [0.15, 0.2) is 36.4 Å². The van der Waals surface area contributed by atoms with Crippen molar-refractivity contribution in [1.29, 1.82) is 0 Å². The molecule has 110 valence electrons. The second-order valence-electron chi connectivity index (χ2n) is 4.85. The first-order valence-corrected chi connectivity index (χ1v) is 6.55. The lowest BCUT2D eigenvalue weighted by molar-refractivity contribution is -0.139. The third-order valence-electron chi connectivity index (χ3n) is 3.12. The highest BCUT2D eigenvalue weighted by molar-refractivity contribution is 5.95. The molecule has 0 radical (unpaired) electrons. The molecule has 6 nitrogen and oxygen atoms in total. The van der Waals surface area contributed by atoms with Gasteiger partial charge in [0.05, 0.1) is 5.69 Å². The molecule has 0 aliphatic heterocycles. The normalized spacial score (nSPS) is 11.9. The molecule has 0 spiro atoms. The number of amides is 1. The highest BCUT2D eigenvalue weighted by atomic mass is 16.4. The predicted octanol–water partition coefficient (Wildman–Crippen LogP) is 1.15. The van der Waals surface area contributed by atoms with Crippen LogP contribution in [-0.4, -0.2) is 32.8 Å². The molecule has 2 N–H and O–H groups in total. The number of carboxylic acid groups (broad SMARTS) is 1. The van der Waals surface area contributed by atoms with Crippen molar-refractivity contribution < 1.29 is 14.7 Å². The van der Waals surface area contributed by atoms with Crippen molar-refractivity contribution in [2.75, 3.05) is 0 Å². The molecule has 0 fully saturated rings. The van der Waals surface area contributed by atoms with E-state index in [1.54, 1.807) is 20.0 Å². The van der Waals surface area contributed by atoms with Crippen LogP contribution in [0.25, 0.3) is 0 Å². The van der Waals surface area contributed by atoms with Crippen LogP contribution < -0.4 is 5.32 Å². The van der Waals surface area contributed by atoms with E-state index in [1.807, 2.05) is 30.3 Å². The van der Waals surface area contributed by atoms with Crippen LogP contribution in [0.3, 0.4) is 0 Å². The predicted molar refractivity (Wildman–Crippen MR) is 77.0 cm³/mol. The van der Waals surface area contributed by atoms with Crippen molar-refractivity contribution in [3.8, 4) is 0 Å². The maximum absolute atomic E-state index is 12.1. The Bertz CT molecular complexity index is 649. The maximum atomic E-state index is 12.1. The fourth-order valence-electron chi connectivity index (χ4n) is 2.11. The zero-order valence-electron chi connectivity index (χ0n) is 11.9. The molecular formula is C15H17N3O3. The summed E-state index contributed by atoms with van der Waals surface area (Å²) in [4.78, 5) is 23.5. The van der Waals surface area contributed by atoms with Gasteiger partial charge in [0.15, 0.2) is 0 Å². The molecule has 2 aromatic rings. The smallest absolute Gasteiger partial charge is 0.326 e. The van der Waals surface area contributed by atoms with E-state index in [-0.39, 0.29) is 6.42 Å². The van der Waals surface area contributed by atoms with Crippen molar-refractivity contribution in [1.82, 2.24) is 15.1 Å². The van der Waals surface area contributed by atoms with Crippen LogP contribution in [0.5, 0.6) is 0 Å². The van der Waals surface area contributed by atoms with Gasteiger partial charge >= 0.3 is 5.97 Å². The van der Waals surface area contributed by atoms with Crippen molar-refractivity contribution in [2.45, 2.75) is 19.4 Å². The van der Waals surface area contributed by atoms with Crippen molar-refractivity contribution >= 4 is 11.9 Å². The van der Waals surface area contributed by atoms with E-state index in [9.17, 15) is 14.7 Å². The number of nitrogens with zero attached hydrogens (tertiary/aromatic N) is 2. The summed E-state index contributed by atoms with van der Waals surface area (Å²) >= 11 is 0. The second-order valence-corrected chi connectivity index (χ2v) is 4.85. The lowest BCUT2D eigenvalue weighted by Gasteiger charge is -2.14. The molecule has 2 rings (SSSR count). The summed E-state index contributed by atoms with van der Waals surface area (Å²) in [5.74, 6) is -1.51. The highest BCUT2D eigenvalue weighted by Gasteiger charge is 2.22. The summed E-state index contributed by atoms with van der Waals surface area (Å²) in [5.41, 5.74) is 1.90. The third-order valence-corrected chi connectivity index (χ3v) is 3.12. The van der Waals surface area contributed by atoms with Crippen molar-refractivity contribution in [3.63, 3.8) is 0 Å². The molecule has 1 aromatic heterocycles. The number of carboxylic acids is 1. The first-order valence-electron chi connectivity index (χ1n) is 6.55. The molecule has 1 aromatic carbocycles. The number of carbonyl (C=O) groups excluding carboxylic acids is 1. The number of hydrogen-bond donors (Lipinski definition) is 2. The number of aliphatic carboxylic acids is 1.